The third-order valence-corrected chi connectivity index (χ3v) is 5.72. The maximum atomic E-state index is 12.9. The lowest BCUT2D eigenvalue weighted by Crippen LogP contribution is -2.35. The molecule has 1 aliphatic rings. The maximum Gasteiger partial charge on any atom is 0.335 e. The van der Waals surface area contributed by atoms with Gasteiger partial charge in [-0.05, 0) is 74.7 Å². The Bertz CT molecular complexity index is 943. The predicted octanol–water partition coefficient (Wildman–Crippen LogP) is 4.17. The van der Waals surface area contributed by atoms with Crippen molar-refractivity contribution in [3.63, 3.8) is 0 Å². The minimum absolute atomic E-state index is 0.157. The van der Waals surface area contributed by atoms with E-state index in [0.29, 0.717) is 17.7 Å². The third-order valence-electron chi connectivity index (χ3n) is 5.72. The molecule has 0 saturated carbocycles. The molecule has 0 aliphatic heterocycles. The van der Waals surface area contributed by atoms with Crippen LogP contribution in [-0.4, -0.2) is 22.8 Å². The number of carboxylic acid groups (broad SMARTS) is 1. The fourth-order valence-corrected chi connectivity index (χ4v) is 3.87. The number of anilines is 1. The van der Waals surface area contributed by atoms with Gasteiger partial charge in [-0.3, -0.25) is 9.59 Å². The summed E-state index contributed by atoms with van der Waals surface area (Å²) in [6.45, 7) is 7.78. The summed E-state index contributed by atoms with van der Waals surface area (Å²) in [5.41, 5.74) is 1.86. The van der Waals surface area contributed by atoms with E-state index in [9.17, 15) is 14.4 Å². The van der Waals surface area contributed by atoms with E-state index < -0.39 is 16.8 Å². The normalized spacial score (nSPS) is 20.2. The van der Waals surface area contributed by atoms with Crippen molar-refractivity contribution in [2.45, 2.75) is 44.9 Å². The number of fused-ring (bicyclic) bond motifs is 1. The molecule has 0 fully saturated rings. The van der Waals surface area contributed by atoms with Gasteiger partial charge in [0.25, 0.3) is 5.91 Å². The van der Waals surface area contributed by atoms with Crippen molar-refractivity contribution in [2.75, 3.05) is 5.32 Å². The van der Waals surface area contributed by atoms with Crippen molar-refractivity contribution in [1.82, 2.24) is 0 Å². The molecule has 0 saturated heterocycles. The summed E-state index contributed by atoms with van der Waals surface area (Å²) >= 11 is 0. The highest BCUT2D eigenvalue weighted by atomic mass is 16.4. The Kier molecular flexibility index (Phi) is 4.42. The highest BCUT2D eigenvalue weighted by Crippen LogP contribution is 2.48. The number of hydrogen-bond acceptors (Lipinski definition) is 3. The Labute approximate surface area is 158 Å². The van der Waals surface area contributed by atoms with Crippen molar-refractivity contribution in [2.24, 2.45) is 0 Å². The summed E-state index contributed by atoms with van der Waals surface area (Å²) in [4.78, 5) is 36.5. The van der Waals surface area contributed by atoms with E-state index in [1.54, 1.807) is 18.2 Å². The average Bonchev–Trinajstić information content (AvgIpc) is 2.80. The lowest BCUT2D eigenvalue weighted by atomic mass is 9.77. The number of carbonyl (C=O) groups excluding carboxylic acids is 2. The second-order valence-electron chi connectivity index (χ2n) is 7.74. The van der Waals surface area contributed by atoms with Gasteiger partial charge in [0.2, 0.25) is 0 Å². The zero-order valence-electron chi connectivity index (χ0n) is 15.9. The second-order valence-corrected chi connectivity index (χ2v) is 7.74. The van der Waals surface area contributed by atoms with E-state index in [4.69, 9.17) is 5.11 Å². The summed E-state index contributed by atoms with van der Waals surface area (Å²) in [5.74, 6) is -1.14. The summed E-state index contributed by atoms with van der Waals surface area (Å²) in [6.07, 6.45) is 0.671. The Morgan fingerprint density at radius 1 is 0.963 bits per heavy atom. The summed E-state index contributed by atoms with van der Waals surface area (Å²) < 4.78 is 0. The van der Waals surface area contributed by atoms with Crippen LogP contribution in [0, 0.1) is 0 Å². The van der Waals surface area contributed by atoms with Gasteiger partial charge in [-0.2, -0.15) is 0 Å². The number of ketones is 1. The molecular weight excluding hydrogens is 342 g/mol. The van der Waals surface area contributed by atoms with Crippen LogP contribution in [0.2, 0.25) is 0 Å². The molecule has 5 heteroatoms. The van der Waals surface area contributed by atoms with Crippen LogP contribution in [0.5, 0.6) is 0 Å². The molecule has 5 nitrogen and oxygen atoms in total. The first-order valence-electron chi connectivity index (χ1n) is 8.96. The molecule has 27 heavy (non-hydrogen) atoms. The highest BCUT2D eigenvalue weighted by molar-refractivity contribution is 6.07. The molecule has 1 aliphatic carbocycles. The van der Waals surface area contributed by atoms with Gasteiger partial charge in [-0.15, -0.1) is 0 Å². The van der Waals surface area contributed by atoms with Crippen molar-refractivity contribution in [1.29, 1.82) is 0 Å². The number of Topliss-reactive ketones (excluding diaryl/α,β-unsaturated/α-hetero) is 1. The van der Waals surface area contributed by atoms with Crippen molar-refractivity contribution in [3.05, 3.63) is 64.7 Å². The average molecular weight is 365 g/mol. The van der Waals surface area contributed by atoms with E-state index in [1.165, 1.54) is 12.1 Å². The van der Waals surface area contributed by atoms with Gasteiger partial charge < -0.3 is 10.4 Å². The molecule has 0 radical (unpaired) electrons. The topological polar surface area (TPSA) is 83.5 Å². The first-order chi connectivity index (χ1) is 12.6. The van der Waals surface area contributed by atoms with E-state index >= 15 is 0 Å². The first kappa shape index (κ1) is 18.8. The number of hydrogen-bond donors (Lipinski definition) is 2. The molecule has 2 N–H and O–H groups in total. The minimum Gasteiger partial charge on any atom is -0.478 e. The molecule has 2 aromatic carbocycles. The monoisotopic (exact) mass is 365 g/mol. The fourth-order valence-electron chi connectivity index (χ4n) is 3.87. The number of amides is 1. The summed E-state index contributed by atoms with van der Waals surface area (Å²) in [5, 5.41) is 11.7. The largest absolute Gasteiger partial charge is 0.478 e. The van der Waals surface area contributed by atoms with Crippen LogP contribution in [0.1, 0.15) is 66.0 Å². The number of carbonyl (C=O) groups is 3. The van der Waals surface area contributed by atoms with Crippen LogP contribution in [0.15, 0.2) is 42.5 Å². The third kappa shape index (κ3) is 2.93. The lowest BCUT2D eigenvalue weighted by Gasteiger charge is -2.24. The van der Waals surface area contributed by atoms with Gasteiger partial charge in [-0.25, -0.2) is 4.79 Å². The molecule has 0 aromatic heterocycles. The lowest BCUT2D eigenvalue weighted by molar-refractivity contribution is -0.127. The Hall–Kier alpha value is -2.95. The zero-order chi connectivity index (χ0) is 20.0. The van der Waals surface area contributed by atoms with Crippen LogP contribution in [-0.2, 0) is 15.6 Å². The highest BCUT2D eigenvalue weighted by Gasteiger charge is 2.51. The Balaban J connectivity index is 1.92. The quantitative estimate of drug-likeness (QED) is 0.852. The maximum absolute atomic E-state index is 12.9. The molecule has 140 valence electrons. The number of rotatable bonds is 4. The molecule has 1 amide bonds. The molecule has 0 spiro atoms. The van der Waals surface area contributed by atoms with Crippen LogP contribution in [0.25, 0.3) is 0 Å². The van der Waals surface area contributed by atoms with Gasteiger partial charge in [0.15, 0.2) is 5.78 Å². The first-order valence-corrected chi connectivity index (χ1v) is 8.96. The number of aromatic carboxylic acids is 1. The standard InChI is InChI=1S/C22H23NO4/c1-5-22(4)17-12-14(8-11-16(17)21(2,3)20(22)27)18(24)23-15-9-6-13(7-10-15)19(25)26/h6-12H,5H2,1-4H3,(H,23,24)(H,25,26). The van der Waals surface area contributed by atoms with Gasteiger partial charge >= 0.3 is 5.97 Å². The smallest absolute Gasteiger partial charge is 0.335 e. The number of benzene rings is 2. The molecule has 1 unspecified atom stereocenters. The summed E-state index contributed by atoms with van der Waals surface area (Å²) in [6, 6.07) is 11.4. The van der Waals surface area contributed by atoms with E-state index in [-0.39, 0.29) is 17.3 Å². The Morgan fingerprint density at radius 3 is 2.11 bits per heavy atom. The van der Waals surface area contributed by atoms with Gasteiger partial charge in [-0.1, -0.05) is 13.0 Å². The van der Waals surface area contributed by atoms with E-state index in [2.05, 4.69) is 5.32 Å². The predicted molar refractivity (Wildman–Crippen MR) is 103 cm³/mol. The summed E-state index contributed by atoms with van der Waals surface area (Å²) in [7, 11) is 0. The van der Waals surface area contributed by atoms with Crippen LogP contribution >= 0.6 is 0 Å². The molecular formula is C22H23NO4. The molecule has 2 aromatic rings. The molecule has 1 atom stereocenters. The van der Waals surface area contributed by atoms with E-state index in [0.717, 1.165) is 11.1 Å². The fraction of sp³-hybridized carbons (Fsp3) is 0.318. The molecule has 0 heterocycles. The second kappa shape index (κ2) is 6.34. The SMILES string of the molecule is CCC1(C)C(=O)C(C)(C)c2ccc(C(=O)Nc3ccc(C(=O)O)cc3)cc21. The zero-order valence-corrected chi connectivity index (χ0v) is 15.9. The Morgan fingerprint density at radius 2 is 1.56 bits per heavy atom. The van der Waals surface area contributed by atoms with Crippen LogP contribution < -0.4 is 5.32 Å². The number of carboxylic acids is 1. The van der Waals surface area contributed by atoms with Crippen LogP contribution in [0.3, 0.4) is 0 Å². The van der Waals surface area contributed by atoms with Crippen molar-refractivity contribution < 1.29 is 19.5 Å². The van der Waals surface area contributed by atoms with Crippen molar-refractivity contribution in [3.8, 4) is 0 Å². The van der Waals surface area contributed by atoms with Gasteiger partial charge in [0.1, 0.15) is 0 Å². The number of nitrogens with one attached hydrogen (secondary N) is 1. The molecule has 0 bridgehead atoms. The van der Waals surface area contributed by atoms with Crippen molar-refractivity contribution >= 4 is 23.3 Å². The minimum atomic E-state index is -1.02. The van der Waals surface area contributed by atoms with Gasteiger partial charge in [0.05, 0.1) is 11.0 Å². The van der Waals surface area contributed by atoms with Gasteiger partial charge in [0, 0.05) is 16.7 Å². The van der Waals surface area contributed by atoms with Crippen LogP contribution in [0.4, 0.5) is 5.69 Å². The molecule has 3 rings (SSSR count). The van der Waals surface area contributed by atoms with E-state index in [1.807, 2.05) is 39.8 Å².